The lowest BCUT2D eigenvalue weighted by atomic mass is 10.0. The second-order valence-electron chi connectivity index (χ2n) is 4.72. The zero-order valence-corrected chi connectivity index (χ0v) is 9.61. The zero-order chi connectivity index (χ0) is 11.7. The van der Waals surface area contributed by atoms with E-state index in [0.29, 0.717) is 17.5 Å². The summed E-state index contributed by atoms with van der Waals surface area (Å²) >= 11 is 0. The number of halogens is 1. The minimum atomic E-state index is -0.479. The van der Waals surface area contributed by atoms with Crippen LogP contribution in [0.3, 0.4) is 0 Å². The summed E-state index contributed by atoms with van der Waals surface area (Å²) in [6.07, 6.45) is 3.43. The Bertz CT molecular complexity index is 373. The molecule has 1 aliphatic rings. The minimum absolute atomic E-state index is 0.0699. The topological polar surface area (TPSA) is 48.1 Å². The Balaban J connectivity index is 2.05. The van der Waals surface area contributed by atoms with E-state index in [1.54, 1.807) is 0 Å². The van der Waals surface area contributed by atoms with Crippen LogP contribution in [0.15, 0.2) is 12.3 Å². The molecule has 4 heteroatoms. The number of rotatable bonds is 2. The highest BCUT2D eigenvalue weighted by molar-refractivity contribution is 5.37. The molecule has 16 heavy (non-hydrogen) atoms. The summed E-state index contributed by atoms with van der Waals surface area (Å²) in [5.74, 6) is 0.844. The van der Waals surface area contributed by atoms with Gasteiger partial charge in [-0.25, -0.2) is 9.37 Å². The van der Waals surface area contributed by atoms with Crippen molar-refractivity contribution < 1.29 is 9.13 Å². The van der Waals surface area contributed by atoms with Gasteiger partial charge in [0.25, 0.3) is 5.88 Å². The van der Waals surface area contributed by atoms with E-state index in [0.717, 1.165) is 12.8 Å². The van der Waals surface area contributed by atoms with Crippen molar-refractivity contribution in [2.24, 2.45) is 11.8 Å². The normalized spacial score (nSPS) is 29.3. The Hall–Kier alpha value is -1.32. The van der Waals surface area contributed by atoms with Gasteiger partial charge in [-0.05, 0) is 24.7 Å². The molecule has 1 aliphatic carbocycles. The Kier molecular flexibility index (Phi) is 2.99. The molecule has 2 rings (SSSR count). The van der Waals surface area contributed by atoms with E-state index < -0.39 is 5.82 Å². The third-order valence-electron chi connectivity index (χ3n) is 3.35. The average Bonchev–Trinajstić information content (AvgIpc) is 2.51. The van der Waals surface area contributed by atoms with Crippen LogP contribution in [0, 0.1) is 17.7 Å². The molecule has 0 bridgehead atoms. The minimum Gasteiger partial charge on any atom is -0.472 e. The maximum absolute atomic E-state index is 13.4. The van der Waals surface area contributed by atoms with Crippen molar-refractivity contribution in [3.63, 3.8) is 0 Å². The lowest BCUT2D eigenvalue weighted by Crippen LogP contribution is -2.14. The summed E-state index contributed by atoms with van der Waals surface area (Å²) in [6.45, 7) is 4.39. The van der Waals surface area contributed by atoms with Gasteiger partial charge in [0.1, 0.15) is 6.10 Å². The van der Waals surface area contributed by atoms with E-state index in [1.807, 2.05) is 0 Å². The molecule has 1 saturated carbocycles. The number of nitrogens with zero attached hydrogens (tertiary/aromatic N) is 1. The molecule has 0 spiro atoms. The fraction of sp³-hybridized carbons (Fsp3) is 0.583. The predicted molar refractivity (Wildman–Crippen MR) is 60.6 cm³/mol. The van der Waals surface area contributed by atoms with Crippen LogP contribution < -0.4 is 10.5 Å². The van der Waals surface area contributed by atoms with E-state index in [2.05, 4.69) is 18.8 Å². The first-order valence-corrected chi connectivity index (χ1v) is 5.64. The van der Waals surface area contributed by atoms with E-state index in [-0.39, 0.29) is 12.0 Å². The molecule has 88 valence electrons. The molecule has 0 saturated heterocycles. The summed E-state index contributed by atoms with van der Waals surface area (Å²) in [7, 11) is 0. The Morgan fingerprint density at radius 3 is 2.56 bits per heavy atom. The van der Waals surface area contributed by atoms with E-state index in [1.165, 1.54) is 12.3 Å². The SMILES string of the molecule is CC1CC(Oc2ncc(N)cc2F)CC1C. The van der Waals surface area contributed by atoms with Gasteiger partial charge in [-0.3, -0.25) is 0 Å². The van der Waals surface area contributed by atoms with Crippen molar-refractivity contribution in [1.29, 1.82) is 0 Å². The fourth-order valence-corrected chi connectivity index (χ4v) is 2.17. The van der Waals surface area contributed by atoms with E-state index >= 15 is 0 Å². The smallest absolute Gasteiger partial charge is 0.250 e. The third kappa shape index (κ3) is 2.26. The van der Waals surface area contributed by atoms with Gasteiger partial charge in [0.15, 0.2) is 5.82 Å². The van der Waals surface area contributed by atoms with Crippen LogP contribution in [-0.4, -0.2) is 11.1 Å². The molecule has 1 aromatic heterocycles. The molecule has 0 aliphatic heterocycles. The largest absolute Gasteiger partial charge is 0.472 e. The van der Waals surface area contributed by atoms with Gasteiger partial charge in [-0.15, -0.1) is 0 Å². The van der Waals surface area contributed by atoms with Crippen LogP contribution in [0.4, 0.5) is 10.1 Å². The van der Waals surface area contributed by atoms with Crippen LogP contribution in [0.5, 0.6) is 5.88 Å². The molecule has 1 heterocycles. The highest BCUT2D eigenvalue weighted by Gasteiger charge is 2.30. The predicted octanol–water partition coefficient (Wildman–Crippen LogP) is 2.62. The summed E-state index contributed by atoms with van der Waals surface area (Å²) < 4.78 is 19.0. The Morgan fingerprint density at radius 2 is 2.00 bits per heavy atom. The van der Waals surface area contributed by atoms with Crippen molar-refractivity contribution in [2.45, 2.75) is 32.8 Å². The van der Waals surface area contributed by atoms with Gasteiger partial charge in [-0.1, -0.05) is 13.8 Å². The molecule has 1 fully saturated rings. The van der Waals surface area contributed by atoms with Crippen molar-refractivity contribution in [2.75, 3.05) is 5.73 Å². The third-order valence-corrected chi connectivity index (χ3v) is 3.35. The molecular weight excluding hydrogens is 207 g/mol. The number of pyridine rings is 1. The van der Waals surface area contributed by atoms with Crippen LogP contribution >= 0.6 is 0 Å². The van der Waals surface area contributed by atoms with Crippen molar-refractivity contribution >= 4 is 5.69 Å². The summed E-state index contributed by atoms with van der Waals surface area (Å²) in [4.78, 5) is 3.87. The number of nitrogen functional groups attached to an aromatic ring is 1. The summed E-state index contributed by atoms with van der Waals surface area (Å²) in [5.41, 5.74) is 5.74. The molecule has 0 amide bonds. The lowest BCUT2D eigenvalue weighted by molar-refractivity contribution is 0.185. The molecule has 2 N–H and O–H groups in total. The first-order chi connectivity index (χ1) is 7.56. The maximum Gasteiger partial charge on any atom is 0.250 e. The van der Waals surface area contributed by atoms with E-state index in [4.69, 9.17) is 10.5 Å². The van der Waals surface area contributed by atoms with Crippen LogP contribution in [0.1, 0.15) is 26.7 Å². The van der Waals surface area contributed by atoms with Gasteiger partial charge < -0.3 is 10.5 Å². The second-order valence-corrected chi connectivity index (χ2v) is 4.72. The molecule has 1 aromatic rings. The van der Waals surface area contributed by atoms with Gasteiger partial charge in [-0.2, -0.15) is 0 Å². The quantitative estimate of drug-likeness (QED) is 0.840. The molecular formula is C12H17FN2O. The first kappa shape index (κ1) is 11.2. The Labute approximate surface area is 94.8 Å². The average molecular weight is 224 g/mol. The first-order valence-electron chi connectivity index (χ1n) is 5.64. The standard InChI is InChI=1S/C12H17FN2O/c1-7-3-10(4-8(7)2)16-12-11(13)5-9(14)6-15-12/h5-8,10H,3-4,14H2,1-2H3. The fourth-order valence-electron chi connectivity index (χ4n) is 2.17. The van der Waals surface area contributed by atoms with Crippen molar-refractivity contribution in [1.82, 2.24) is 4.98 Å². The summed E-state index contributed by atoms with van der Waals surface area (Å²) in [6, 6.07) is 1.24. The summed E-state index contributed by atoms with van der Waals surface area (Å²) in [5, 5.41) is 0. The highest BCUT2D eigenvalue weighted by Crippen LogP contribution is 2.33. The Morgan fingerprint density at radius 1 is 1.38 bits per heavy atom. The van der Waals surface area contributed by atoms with Crippen LogP contribution in [0.25, 0.3) is 0 Å². The molecule has 3 nitrogen and oxygen atoms in total. The number of anilines is 1. The monoisotopic (exact) mass is 224 g/mol. The van der Waals surface area contributed by atoms with E-state index in [9.17, 15) is 4.39 Å². The van der Waals surface area contributed by atoms with Gasteiger partial charge >= 0.3 is 0 Å². The number of hydrogen-bond acceptors (Lipinski definition) is 3. The van der Waals surface area contributed by atoms with Crippen LogP contribution in [0.2, 0.25) is 0 Å². The van der Waals surface area contributed by atoms with Gasteiger partial charge in [0.05, 0.1) is 11.9 Å². The molecule has 2 atom stereocenters. The maximum atomic E-state index is 13.4. The lowest BCUT2D eigenvalue weighted by Gasteiger charge is -2.13. The van der Waals surface area contributed by atoms with Gasteiger partial charge in [0, 0.05) is 6.07 Å². The number of hydrogen-bond donors (Lipinski definition) is 1. The van der Waals surface area contributed by atoms with Gasteiger partial charge in [0.2, 0.25) is 0 Å². The molecule has 2 unspecified atom stereocenters. The second kappa shape index (κ2) is 4.28. The molecule has 0 radical (unpaired) electrons. The highest BCUT2D eigenvalue weighted by atomic mass is 19.1. The number of nitrogens with two attached hydrogens (primary N) is 1. The molecule has 0 aromatic carbocycles. The zero-order valence-electron chi connectivity index (χ0n) is 9.61. The van der Waals surface area contributed by atoms with Crippen molar-refractivity contribution in [3.8, 4) is 5.88 Å². The number of ether oxygens (including phenoxy) is 1. The number of aromatic nitrogens is 1. The van der Waals surface area contributed by atoms with Crippen molar-refractivity contribution in [3.05, 3.63) is 18.1 Å². The van der Waals surface area contributed by atoms with Crippen LogP contribution in [-0.2, 0) is 0 Å².